The topological polar surface area (TPSA) is 12.0 Å². The number of benzene rings is 2. The minimum Gasteiger partial charge on any atom is -0.378 e. The third-order valence-electron chi connectivity index (χ3n) is 3.66. The van der Waals surface area contributed by atoms with Gasteiger partial charge in [0.1, 0.15) is 0 Å². The summed E-state index contributed by atoms with van der Waals surface area (Å²) in [6, 6.07) is 14.3. The van der Waals surface area contributed by atoms with Gasteiger partial charge in [0.25, 0.3) is 0 Å². The second-order valence-corrected chi connectivity index (χ2v) is 6.36. The van der Waals surface area contributed by atoms with Gasteiger partial charge in [0, 0.05) is 15.7 Å². The molecule has 1 N–H and O–H groups in total. The molecule has 0 saturated carbocycles. The molecule has 0 fully saturated rings. The van der Waals surface area contributed by atoms with E-state index in [2.05, 4.69) is 50.4 Å². The maximum Gasteiger partial charge on any atom is 0.0526 e. The van der Waals surface area contributed by atoms with Gasteiger partial charge in [0.15, 0.2) is 0 Å². The maximum atomic E-state index is 6.35. The van der Waals surface area contributed by atoms with Crippen LogP contribution in [0, 0.1) is 0 Å². The molecule has 0 saturated heterocycles. The third-order valence-corrected chi connectivity index (χ3v) is 4.22. The Hall–Kier alpha value is -1.18. The van der Waals surface area contributed by atoms with Crippen molar-refractivity contribution >= 4 is 28.9 Å². The number of nitrogens with one attached hydrogen (secondary N) is 1. The average molecular weight is 322 g/mol. The Kier molecular flexibility index (Phi) is 5.55. The summed E-state index contributed by atoms with van der Waals surface area (Å²) >= 11 is 12.3. The lowest BCUT2D eigenvalue weighted by Crippen LogP contribution is -2.12. The summed E-state index contributed by atoms with van der Waals surface area (Å²) in [4.78, 5) is 0. The predicted octanol–water partition coefficient (Wildman–Crippen LogP) is 6.68. The predicted molar refractivity (Wildman–Crippen MR) is 93.6 cm³/mol. The van der Waals surface area contributed by atoms with Crippen LogP contribution in [0.5, 0.6) is 0 Å². The first kappa shape index (κ1) is 16.2. The van der Waals surface area contributed by atoms with Gasteiger partial charge < -0.3 is 5.32 Å². The van der Waals surface area contributed by atoms with Gasteiger partial charge in [-0.15, -0.1) is 0 Å². The first-order valence-electron chi connectivity index (χ1n) is 7.33. The Labute approximate surface area is 137 Å². The summed E-state index contributed by atoms with van der Waals surface area (Å²) in [5.41, 5.74) is 3.58. The largest absolute Gasteiger partial charge is 0.378 e. The average Bonchev–Trinajstić information content (AvgIpc) is 2.45. The monoisotopic (exact) mass is 321 g/mol. The van der Waals surface area contributed by atoms with E-state index in [4.69, 9.17) is 23.2 Å². The number of halogens is 2. The van der Waals surface area contributed by atoms with E-state index in [1.165, 1.54) is 11.3 Å². The second-order valence-electron chi connectivity index (χ2n) is 5.51. The minimum atomic E-state index is 0.176. The Morgan fingerprint density at radius 2 is 1.71 bits per heavy atom. The van der Waals surface area contributed by atoms with Crippen molar-refractivity contribution in [3.63, 3.8) is 0 Å². The minimum absolute atomic E-state index is 0.176. The highest BCUT2D eigenvalue weighted by atomic mass is 35.5. The smallest absolute Gasteiger partial charge is 0.0526 e. The molecular formula is C18H21Cl2N. The molecule has 2 aromatic rings. The van der Waals surface area contributed by atoms with E-state index in [0.29, 0.717) is 16.0 Å². The van der Waals surface area contributed by atoms with Gasteiger partial charge >= 0.3 is 0 Å². The zero-order valence-electron chi connectivity index (χ0n) is 12.7. The molecule has 0 amide bonds. The second kappa shape index (κ2) is 7.20. The summed E-state index contributed by atoms with van der Waals surface area (Å²) < 4.78 is 0. The van der Waals surface area contributed by atoms with Gasteiger partial charge in [-0.2, -0.15) is 0 Å². The zero-order chi connectivity index (χ0) is 15.4. The molecule has 3 heteroatoms. The van der Waals surface area contributed by atoms with Crippen LogP contribution >= 0.6 is 23.2 Å². The van der Waals surface area contributed by atoms with Crippen LogP contribution in [-0.4, -0.2) is 0 Å². The molecule has 112 valence electrons. The number of hydrogen-bond donors (Lipinski definition) is 1. The Morgan fingerprint density at radius 3 is 2.33 bits per heavy atom. The molecule has 0 aliphatic heterocycles. The van der Waals surface area contributed by atoms with Crippen molar-refractivity contribution in [2.75, 3.05) is 5.32 Å². The van der Waals surface area contributed by atoms with Gasteiger partial charge in [-0.1, -0.05) is 68.2 Å². The molecule has 1 unspecified atom stereocenters. The van der Waals surface area contributed by atoms with E-state index in [-0.39, 0.29) is 6.04 Å². The maximum absolute atomic E-state index is 6.35. The normalized spacial score (nSPS) is 12.5. The summed E-state index contributed by atoms with van der Waals surface area (Å²) in [5, 5.41) is 5.01. The fourth-order valence-corrected chi connectivity index (χ4v) is 3.04. The number of para-hydroxylation sites is 1. The molecule has 2 rings (SSSR count). The van der Waals surface area contributed by atoms with E-state index < -0.39 is 0 Å². The summed E-state index contributed by atoms with van der Waals surface area (Å²) in [7, 11) is 0. The van der Waals surface area contributed by atoms with E-state index >= 15 is 0 Å². The van der Waals surface area contributed by atoms with Gasteiger partial charge in [-0.05, 0) is 41.7 Å². The van der Waals surface area contributed by atoms with Crippen molar-refractivity contribution in [3.05, 3.63) is 63.6 Å². The molecule has 1 atom stereocenters. The highest BCUT2D eigenvalue weighted by Crippen LogP contribution is 2.33. The summed E-state index contributed by atoms with van der Waals surface area (Å²) in [5.74, 6) is 0.479. The fourth-order valence-electron chi connectivity index (χ4n) is 2.50. The lowest BCUT2D eigenvalue weighted by Gasteiger charge is -2.23. The van der Waals surface area contributed by atoms with Gasteiger partial charge in [-0.3, -0.25) is 0 Å². The van der Waals surface area contributed by atoms with Crippen molar-refractivity contribution in [1.29, 1.82) is 0 Å². The number of hydrogen-bond acceptors (Lipinski definition) is 1. The van der Waals surface area contributed by atoms with Gasteiger partial charge in [0.2, 0.25) is 0 Å². The lowest BCUT2D eigenvalue weighted by molar-refractivity contribution is 0.743. The molecule has 0 aliphatic rings. The van der Waals surface area contributed by atoms with Crippen LogP contribution in [0.1, 0.15) is 50.3 Å². The Balaban J connectivity index is 2.31. The van der Waals surface area contributed by atoms with E-state index in [9.17, 15) is 0 Å². The van der Waals surface area contributed by atoms with Crippen LogP contribution in [0.2, 0.25) is 10.0 Å². The molecule has 0 spiro atoms. The van der Waals surface area contributed by atoms with Crippen LogP contribution in [0.3, 0.4) is 0 Å². The first-order valence-corrected chi connectivity index (χ1v) is 8.09. The SMILES string of the molecule is CCC(Nc1ccccc1C(C)C)c1ccc(Cl)cc1Cl. The molecule has 0 aromatic heterocycles. The summed E-state index contributed by atoms with van der Waals surface area (Å²) in [6.45, 7) is 6.56. The molecule has 0 bridgehead atoms. The first-order chi connectivity index (χ1) is 10.0. The quantitative estimate of drug-likeness (QED) is 0.647. The van der Waals surface area contributed by atoms with Crippen LogP contribution in [-0.2, 0) is 0 Å². The van der Waals surface area contributed by atoms with E-state index in [1.807, 2.05) is 12.1 Å². The molecular weight excluding hydrogens is 301 g/mol. The van der Waals surface area contributed by atoms with Gasteiger partial charge in [0.05, 0.1) is 6.04 Å². The van der Waals surface area contributed by atoms with Crippen LogP contribution in [0.15, 0.2) is 42.5 Å². The molecule has 1 nitrogen and oxygen atoms in total. The van der Waals surface area contributed by atoms with Crippen LogP contribution in [0.4, 0.5) is 5.69 Å². The molecule has 2 aromatic carbocycles. The molecule has 0 aliphatic carbocycles. The summed E-state index contributed by atoms with van der Waals surface area (Å²) in [6.07, 6.45) is 0.952. The highest BCUT2D eigenvalue weighted by molar-refractivity contribution is 6.35. The van der Waals surface area contributed by atoms with Crippen molar-refractivity contribution < 1.29 is 0 Å². The fraction of sp³-hybridized carbons (Fsp3) is 0.333. The number of rotatable bonds is 5. The molecule has 0 heterocycles. The standard InChI is InChI=1S/C18H21Cl2N/c1-4-17(15-10-9-13(19)11-16(15)20)21-18-8-6-5-7-14(18)12(2)3/h5-12,17,21H,4H2,1-3H3. The van der Waals surface area contributed by atoms with Crippen molar-refractivity contribution in [3.8, 4) is 0 Å². The van der Waals surface area contributed by atoms with Crippen molar-refractivity contribution in [2.45, 2.75) is 39.2 Å². The van der Waals surface area contributed by atoms with E-state index in [1.54, 1.807) is 6.07 Å². The highest BCUT2D eigenvalue weighted by Gasteiger charge is 2.15. The Morgan fingerprint density at radius 1 is 1.00 bits per heavy atom. The Bertz CT molecular complexity index is 608. The molecule has 0 radical (unpaired) electrons. The lowest BCUT2D eigenvalue weighted by atomic mass is 9.99. The van der Waals surface area contributed by atoms with Gasteiger partial charge in [-0.25, -0.2) is 0 Å². The van der Waals surface area contributed by atoms with Crippen LogP contribution < -0.4 is 5.32 Å². The zero-order valence-corrected chi connectivity index (χ0v) is 14.2. The van der Waals surface area contributed by atoms with Crippen molar-refractivity contribution in [1.82, 2.24) is 0 Å². The van der Waals surface area contributed by atoms with Crippen molar-refractivity contribution in [2.24, 2.45) is 0 Å². The third kappa shape index (κ3) is 3.93. The van der Waals surface area contributed by atoms with Crippen LogP contribution in [0.25, 0.3) is 0 Å². The van der Waals surface area contributed by atoms with E-state index in [0.717, 1.165) is 12.0 Å². The molecule has 21 heavy (non-hydrogen) atoms. The number of anilines is 1.